The summed E-state index contributed by atoms with van der Waals surface area (Å²) >= 11 is 0. The second kappa shape index (κ2) is 20.3. The van der Waals surface area contributed by atoms with Crippen LogP contribution >= 0.6 is 0 Å². The molecule has 19 rings (SSSR count). The highest BCUT2D eigenvalue weighted by atomic mass is 15.2. The summed E-state index contributed by atoms with van der Waals surface area (Å²) in [4.78, 5) is 5.50. The number of aromatic nitrogens is 2. The SMILES string of the molecule is c1ccc(-c2cccc(-c3ccccc3)c2N2c3cc(-n4c5ccccc5c5ccccc54)ccc3B3c4ccc(-n5c6ccccc6c6ccccc65)cc4N(c4c(-c5ccccc5)cccc4-c4ccccc4)c4cc(C5C[C@H]6CC[C@@H]5C6)cc2c43)cc1. The van der Waals surface area contributed by atoms with Gasteiger partial charge in [0.25, 0.3) is 6.71 Å². The van der Waals surface area contributed by atoms with E-state index in [0.717, 1.165) is 17.3 Å². The van der Waals surface area contributed by atoms with Gasteiger partial charge in [-0.05, 0) is 142 Å². The van der Waals surface area contributed by atoms with Crippen LogP contribution in [0.2, 0.25) is 0 Å². The highest BCUT2D eigenvalue weighted by Gasteiger charge is 2.48. The molecule has 0 saturated heterocycles. The number of para-hydroxylation sites is 6. The lowest BCUT2D eigenvalue weighted by molar-refractivity contribution is 0.420. The van der Waals surface area contributed by atoms with Crippen LogP contribution in [0.15, 0.2) is 303 Å². The van der Waals surface area contributed by atoms with Crippen LogP contribution in [0.5, 0.6) is 0 Å². The van der Waals surface area contributed by atoms with E-state index in [1.807, 2.05) is 0 Å². The molecular weight excluding hydrogens is 1090 g/mol. The van der Waals surface area contributed by atoms with Crippen molar-refractivity contribution in [2.24, 2.45) is 11.8 Å². The van der Waals surface area contributed by atoms with Crippen LogP contribution in [0.3, 0.4) is 0 Å². The van der Waals surface area contributed by atoms with Crippen LogP contribution in [0.1, 0.15) is 37.2 Å². The molecule has 90 heavy (non-hydrogen) atoms. The fraction of sp³-hybridized carbons (Fsp3) is 0.0824. The molecule has 13 aromatic carbocycles. The monoisotopic (exact) mass is 1150 g/mol. The van der Waals surface area contributed by atoms with Gasteiger partial charge in [-0.15, -0.1) is 0 Å². The summed E-state index contributed by atoms with van der Waals surface area (Å²) in [7, 11) is 0. The number of nitrogens with zero attached hydrogens (tertiary/aromatic N) is 4. The lowest BCUT2D eigenvalue weighted by atomic mass is 9.33. The Hall–Kier alpha value is -10.9. The van der Waals surface area contributed by atoms with Gasteiger partial charge in [-0.1, -0.05) is 249 Å². The Morgan fingerprint density at radius 3 is 1.00 bits per heavy atom. The molecule has 0 N–H and O–H groups in total. The number of fused-ring (bicyclic) bond motifs is 12. The summed E-state index contributed by atoms with van der Waals surface area (Å²) in [5.41, 5.74) is 29.0. The normalized spacial score (nSPS) is 16.3. The first kappa shape index (κ1) is 51.2. The lowest BCUT2D eigenvalue weighted by Crippen LogP contribution is -2.61. The van der Waals surface area contributed by atoms with Crippen LogP contribution in [-0.2, 0) is 0 Å². The number of hydrogen-bond donors (Lipinski definition) is 0. The van der Waals surface area contributed by atoms with E-state index in [2.05, 4.69) is 322 Å². The molecule has 2 aliphatic heterocycles. The number of anilines is 6. The molecule has 4 heterocycles. The van der Waals surface area contributed by atoms with Crippen molar-refractivity contribution in [3.8, 4) is 55.9 Å². The minimum Gasteiger partial charge on any atom is -0.310 e. The predicted octanol–water partition coefficient (Wildman–Crippen LogP) is 20.5. The maximum Gasteiger partial charge on any atom is 0.252 e. The third-order valence-electron chi connectivity index (χ3n) is 20.8. The topological polar surface area (TPSA) is 16.3 Å². The van der Waals surface area contributed by atoms with Gasteiger partial charge in [0.1, 0.15) is 0 Å². The van der Waals surface area contributed by atoms with Gasteiger partial charge in [-0.2, -0.15) is 0 Å². The van der Waals surface area contributed by atoms with Crippen molar-refractivity contribution in [2.75, 3.05) is 9.80 Å². The van der Waals surface area contributed by atoms with Crippen LogP contribution in [0.25, 0.3) is 99.5 Å². The molecule has 2 saturated carbocycles. The van der Waals surface area contributed by atoms with Gasteiger partial charge in [0.15, 0.2) is 0 Å². The molecule has 0 spiro atoms. The molecule has 0 radical (unpaired) electrons. The Bertz CT molecular complexity index is 4820. The first-order valence-corrected chi connectivity index (χ1v) is 32.2. The molecule has 1 unspecified atom stereocenters. The molecule has 3 atom stereocenters. The first-order chi connectivity index (χ1) is 44.7. The number of rotatable bonds is 9. The third-order valence-corrected chi connectivity index (χ3v) is 20.8. The van der Waals surface area contributed by atoms with Crippen molar-refractivity contribution >= 4 is 101 Å². The van der Waals surface area contributed by atoms with E-state index in [4.69, 9.17) is 0 Å². The summed E-state index contributed by atoms with van der Waals surface area (Å²) in [5, 5.41) is 5.00. The molecule has 2 aromatic heterocycles. The summed E-state index contributed by atoms with van der Waals surface area (Å²) < 4.78 is 5.02. The van der Waals surface area contributed by atoms with E-state index >= 15 is 0 Å². The van der Waals surface area contributed by atoms with Crippen LogP contribution in [0, 0.1) is 11.8 Å². The molecule has 4 aliphatic rings. The Morgan fingerprint density at radius 2 is 0.656 bits per heavy atom. The zero-order valence-electron chi connectivity index (χ0n) is 49.8. The Kier molecular flexibility index (Phi) is 11.6. The highest BCUT2D eigenvalue weighted by Crippen LogP contribution is 2.58. The van der Waals surface area contributed by atoms with Gasteiger partial charge in [-0.3, -0.25) is 0 Å². The average Bonchev–Trinajstić information content (AvgIpc) is 0.782. The quantitative estimate of drug-likeness (QED) is 0.134. The maximum atomic E-state index is 2.75. The van der Waals surface area contributed by atoms with Crippen molar-refractivity contribution in [1.82, 2.24) is 9.13 Å². The number of benzene rings is 13. The van der Waals surface area contributed by atoms with Crippen LogP contribution in [0.4, 0.5) is 34.1 Å². The van der Waals surface area contributed by atoms with E-state index in [-0.39, 0.29) is 6.71 Å². The molecule has 424 valence electrons. The Balaban J connectivity index is 0.985. The second-order valence-corrected chi connectivity index (χ2v) is 25.5. The zero-order chi connectivity index (χ0) is 59.0. The molecule has 2 fully saturated rings. The fourth-order valence-corrected chi connectivity index (χ4v) is 17.0. The summed E-state index contributed by atoms with van der Waals surface area (Å²) in [5.74, 6) is 1.78. The van der Waals surface area contributed by atoms with Crippen molar-refractivity contribution in [3.63, 3.8) is 0 Å². The van der Waals surface area contributed by atoms with E-state index in [1.54, 1.807) is 0 Å². The lowest BCUT2D eigenvalue weighted by Gasteiger charge is -2.46. The smallest absolute Gasteiger partial charge is 0.252 e. The number of hydrogen-bond acceptors (Lipinski definition) is 2. The van der Waals surface area contributed by atoms with Crippen molar-refractivity contribution in [1.29, 1.82) is 0 Å². The molecule has 5 heteroatoms. The van der Waals surface area contributed by atoms with Gasteiger partial charge in [0.05, 0.1) is 33.4 Å². The maximum absolute atomic E-state index is 2.75. The first-order valence-electron chi connectivity index (χ1n) is 32.2. The molecule has 15 aromatic rings. The van der Waals surface area contributed by atoms with Gasteiger partial charge >= 0.3 is 0 Å². The second-order valence-electron chi connectivity index (χ2n) is 25.5. The van der Waals surface area contributed by atoms with Crippen LogP contribution < -0.4 is 26.2 Å². The van der Waals surface area contributed by atoms with Gasteiger partial charge < -0.3 is 18.9 Å². The zero-order valence-corrected chi connectivity index (χ0v) is 49.8. The molecule has 4 nitrogen and oxygen atoms in total. The van der Waals surface area contributed by atoms with Crippen LogP contribution in [-0.4, -0.2) is 15.8 Å². The molecular formula is C85H61BN4. The van der Waals surface area contributed by atoms with E-state index in [1.165, 1.54) is 170 Å². The van der Waals surface area contributed by atoms with Gasteiger partial charge in [-0.25, -0.2) is 0 Å². The van der Waals surface area contributed by atoms with Gasteiger partial charge in [0, 0.05) is 77.9 Å². The Labute approximate surface area is 524 Å². The largest absolute Gasteiger partial charge is 0.310 e. The minimum atomic E-state index is -0.158. The average molecular weight is 1150 g/mol. The molecule has 2 bridgehead atoms. The fourth-order valence-electron chi connectivity index (χ4n) is 17.0. The molecule has 0 amide bonds. The van der Waals surface area contributed by atoms with Gasteiger partial charge in [0.2, 0.25) is 0 Å². The minimum absolute atomic E-state index is 0.158. The predicted molar refractivity (Wildman–Crippen MR) is 379 cm³/mol. The summed E-state index contributed by atoms with van der Waals surface area (Å²) in [6, 6.07) is 115. The Morgan fingerprint density at radius 1 is 0.300 bits per heavy atom. The van der Waals surface area contributed by atoms with E-state index in [9.17, 15) is 0 Å². The van der Waals surface area contributed by atoms with E-state index in [0.29, 0.717) is 11.8 Å². The van der Waals surface area contributed by atoms with Crippen molar-refractivity contribution < 1.29 is 0 Å². The summed E-state index contributed by atoms with van der Waals surface area (Å²) in [6.07, 6.45) is 5.11. The molecule has 2 aliphatic carbocycles. The van der Waals surface area contributed by atoms with E-state index < -0.39 is 0 Å². The highest BCUT2D eigenvalue weighted by molar-refractivity contribution is 7.00. The van der Waals surface area contributed by atoms with Crippen molar-refractivity contribution in [3.05, 3.63) is 309 Å². The summed E-state index contributed by atoms with van der Waals surface area (Å²) in [6.45, 7) is -0.158. The van der Waals surface area contributed by atoms with Crippen molar-refractivity contribution in [2.45, 2.75) is 31.6 Å². The standard InChI is InChI=1S/C85H61BN4/c1-5-23-56(24-6-1)64-35-21-36-65(57-25-7-2-8-26-57)84(64)89-79-53-62(87-75-39-17-13-31-68(75)69-32-14-18-40-76(69)87)45-47-73(79)86-74-48-46-63(88-77-41-19-15-33-70(77)71-34-16-20-42-78(71)88)54-80(74)90(82-52-61(51-81(89)83(82)86)72-50-55-43-44-60(72)49-55)85-66(58-27-9-3-10-28-58)37-22-38-67(85)59-29-11-4-12-30-59/h1-42,45-48,51-55,60,72H,43-44,49-50H2/t55-,60+,72?/m0/s1. The third kappa shape index (κ3) is 7.75.